The molecule has 0 spiro atoms. The molecule has 0 radical (unpaired) electrons. The van der Waals surface area contributed by atoms with Crippen LogP contribution in [0.4, 0.5) is 0 Å². The van der Waals surface area contributed by atoms with Crippen LogP contribution >= 0.6 is 0 Å². The lowest BCUT2D eigenvalue weighted by atomic mass is 9.64. The highest BCUT2D eigenvalue weighted by Gasteiger charge is 2.41. The molecule has 0 aromatic carbocycles. The van der Waals surface area contributed by atoms with Crippen molar-refractivity contribution >= 4 is 0 Å². The van der Waals surface area contributed by atoms with Gasteiger partial charge in [0, 0.05) is 24.5 Å². The molecule has 1 aliphatic carbocycles. The van der Waals surface area contributed by atoms with Gasteiger partial charge < -0.3 is 15.0 Å². The van der Waals surface area contributed by atoms with E-state index in [0.717, 1.165) is 32.4 Å². The summed E-state index contributed by atoms with van der Waals surface area (Å²) in [5.41, 5.74) is 0.230. The van der Waals surface area contributed by atoms with E-state index >= 15 is 0 Å². The van der Waals surface area contributed by atoms with Crippen molar-refractivity contribution in [1.82, 2.24) is 14.9 Å². The highest BCUT2D eigenvalue weighted by Crippen LogP contribution is 2.43. The first kappa shape index (κ1) is 15.5. The largest absolute Gasteiger partial charge is 0.394 e. The molecule has 1 fully saturated rings. The van der Waals surface area contributed by atoms with E-state index in [0.29, 0.717) is 11.3 Å². The molecule has 0 bridgehead atoms. The van der Waals surface area contributed by atoms with Crippen molar-refractivity contribution in [3.8, 4) is 0 Å². The fraction of sp³-hybridized carbons (Fsp3) is 0.812. The first-order chi connectivity index (χ1) is 9.45. The number of hydrogen-bond donors (Lipinski definition) is 2. The van der Waals surface area contributed by atoms with Gasteiger partial charge in [-0.05, 0) is 43.6 Å². The predicted molar refractivity (Wildman–Crippen MR) is 81.5 cm³/mol. The quantitative estimate of drug-likeness (QED) is 0.786. The number of nitrogens with one attached hydrogen (secondary N) is 1. The Labute approximate surface area is 122 Å². The van der Waals surface area contributed by atoms with Gasteiger partial charge in [0.05, 0.1) is 12.9 Å². The number of aryl methyl sites for hydroxylation is 1. The van der Waals surface area contributed by atoms with Gasteiger partial charge in [0.2, 0.25) is 0 Å². The van der Waals surface area contributed by atoms with E-state index in [1.807, 2.05) is 18.7 Å². The molecule has 1 saturated carbocycles. The lowest BCUT2D eigenvalue weighted by molar-refractivity contribution is 0.0363. The summed E-state index contributed by atoms with van der Waals surface area (Å²) >= 11 is 0. The highest BCUT2D eigenvalue weighted by atomic mass is 16.3. The zero-order valence-electron chi connectivity index (χ0n) is 13.1. The van der Waals surface area contributed by atoms with E-state index < -0.39 is 0 Å². The third-order valence-electron chi connectivity index (χ3n) is 4.41. The Morgan fingerprint density at radius 2 is 2.20 bits per heavy atom. The molecule has 0 saturated heterocycles. The molecule has 4 nitrogen and oxygen atoms in total. The predicted octanol–water partition coefficient (Wildman–Crippen LogP) is 2.44. The van der Waals surface area contributed by atoms with Crippen LogP contribution in [0.2, 0.25) is 0 Å². The molecule has 0 aliphatic heterocycles. The van der Waals surface area contributed by atoms with Gasteiger partial charge in [-0.25, -0.2) is 4.98 Å². The number of hydrogen-bond acceptors (Lipinski definition) is 3. The molecule has 2 rings (SSSR count). The number of imidazole rings is 1. The van der Waals surface area contributed by atoms with Crippen LogP contribution in [0.15, 0.2) is 18.7 Å². The van der Waals surface area contributed by atoms with E-state index in [-0.39, 0.29) is 12.1 Å². The number of aliphatic hydroxyl groups is 1. The van der Waals surface area contributed by atoms with E-state index in [4.69, 9.17) is 0 Å². The first-order valence-electron chi connectivity index (χ1n) is 7.76. The van der Waals surface area contributed by atoms with Crippen molar-refractivity contribution in [3.05, 3.63) is 18.7 Å². The fourth-order valence-corrected chi connectivity index (χ4v) is 4.09. The minimum atomic E-state index is -0.0872. The Kier molecular flexibility index (Phi) is 4.86. The minimum Gasteiger partial charge on any atom is -0.394 e. The topological polar surface area (TPSA) is 50.1 Å². The summed E-state index contributed by atoms with van der Waals surface area (Å²) in [4.78, 5) is 4.05. The van der Waals surface area contributed by atoms with Crippen LogP contribution in [-0.4, -0.2) is 33.3 Å². The van der Waals surface area contributed by atoms with Crippen molar-refractivity contribution in [3.63, 3.8) is 0 Å². The Morgan fingerprint density at radius 1 is 1.40 bits per heavy atom. The van der Waals surface area contributed by atoms with Crippen molar-refractivity contribution in [1.29, 1.82) is 0 Å². The molecule has 2 unspecified atom stereocenters. The van der Waals surface area contributed by atoms with Crippen LogP contribution in [0.5, 0.6) is 0 Å². The number of nitrogens with zero attached hydrogens (tertiary/aromatic N) is 2. The second-order valence-corrected chi connectivity index (χ2v) is 7.37. The summed E-state index contributed by atoms with van der Waals surface area (Å²) in [5.74, 6) is 0.673. The van der Waals surface area contributed by atoms with Gasteiger partial charge in [0.25, 0.3) is 0 Å². The van der Waals surface area contributed by atoms with Gasteiger partial charge in [0.1, 0.15) is 0 Å². The smallest absolute Gasteiger partial charge is 0.0945 e. The molecule has 4 heteroatoms. The number of rotatable bonds is 6. The van der Waals surface area contributed by atoms with Gasteiger partial charge in [0.15, 0.2) is 0 Å². The summed E-state index contributed by atoms with van der Waals surface area (Å²) in [6, 6.07) is 0. The zero-order chi connectivity index (χ0) is 14.6. The average Bonchev–Trinajstić information content (AvgIpc) is 2.85. The summed E-state index contributed by atoms with van der Waals surface area (Å²) in [7, 11) is 0. The van der Waals surface area contributed by atoms with Gasteiger partial charge in [-0.3, -0.25) is 0 Å². The molecule has 1 aliphatic rings. The van der Waals surface area contributed by atoms with E-state index in [2.05, 4.69) is 35.6 Å². The fourth-order valence-electron chi connectivity index (χ4n) is 4.09. The minimum absolute atomic E-state index is 0.0872. The summed E-state index contributed by atoms with van der Waals surface area (Å²) < 4.78 is 2.10. The third-order valence-corrected chi connectivity index (χ3v) is 4.41. The van der Waals surface area contributed by atoms with Crippen LogP contribution < -0.4 is 5.32 Å². The van der Waals surface area contributed by atoms with Crippen molar-refractivity contribution in [2.24, 2.45) is 11.3 Å². The lowest BCUT2D eigenvalue weighted by Crippen LogP contribution is -2.55. The number of aliphatic hydroxyl groups excluding tert-OH is 1. The standard InChI is InChI=1S/C16H29N3O/c1-14-9-15(2,3)11-16(10-14,12-20)18-5-4-7-19-8-6-17-13-19/h6,8,13-14,18,20H,4-5,7,9-12H2,1-3H3. The Balaban J connectivity index is 1.84. The molecule has 1 aromatic heterocycles. The van der Waals surface area contributed by atoms with Crippen LogP contribution in [0.3, 0.4) is 0 Å². The average molecular weight is 279 g/mol. The molecule has 1 aromatic rings. The molecule has 2 atom stereocenters. The lowest BCUT2D eigenvalue weighted by Gasteiger charge is -2.47. The van der Waals surface area contributed by atoms with Crippen molar-refractivity contribution in [2.75, 3.05) is 13.2 Å². The van der Waals surface area contributed by atoms with Gasteiger partial charge in [-0.2, -0.15) is 0 Å². The molecular weight excluding hydrogens is 250 g/mol. The Bertz CT molecular complexity index is 402. The van der Waals surface area contributed by atoms with Gasteiger partial charge >= 0.3 is 0 Å². The highest BCUT2D eigenvalue weighted by molar-refractivity contribution is 4.98. The third kappa shape index (κ3) is 4.06. The maximum absolute atomic E-state index is 9.90. The van der Waals surface area contributed by atoms with Gasteiger partial charge in [-0.1, -0.05) is 20.8 Å². The van der Waals surface area contributed by atoms with Crippen LogP contribution in [-0.2, 0) is 6.54 Å². The summed E-state index contributed by atoms with van der Waals surface area (Å²) in [5, 5.41) is 13.5. The SMILES string of the molecule is CC1CC(C)(C)CC(CO)(NCCCn2ccnc2)C1. The summed E-state index contributed by atoms with van der Waals surface area (Å²) in [6.07, 6.45) is 10.1. The molecule has 114 valence electrons. The monoisotopic (exact) mass is 279 g/mol. The molecule has 2 N–H and O–H groups in total. The zero-order valence-corrected chi connectivity index (χ0v) is 13.1. The van der Waals surface area contributed by atoms with Crippen LogP contribution in [0.1, 0.15) is 46.5 Å². The molecule has 0 amide bonds. The van der Waals surface area contributed by atoms with E-state index in [1.54, 1.807) is 0 Å². The van der Waals surface area contributed by atoms with E-state index in [1.165, 1.54) is 6.42 Å². The maximum atomic E-state index is 9.90. The van der Waals surface area contributed by atoms with Crippen molar-refractivity contribution in [2.45, 2.75) is 58.5 Å². The van der Waals surface area contributed by atoms with Crippen LogP contribution in [0.25, 0.3) is 0 Å². The molecular formula is C16H29N3O. The second-order valence-electron chi connectivity index (χ2n) is 7.37. The Morgan fingerprint density at radius 3 is 2.80 bits per heavy atom. The van der Waals surface area contributed by atoms with Crippen molar-refractivity contribution < 1.29 is 5.11 Å². The Hall–Kier alpha value is -0.870. The van der Waals surface area contributed by atoms with Gasteiger partial charge in [-0.15, -0.1) is 0 Å². The molecule has 1 heterocycles. The molecule has 20 heavy (non-hydrogen) atoms. The first-order valence-corrected chi connectivity index (χ1v) is 7.76. The van der Waals surface area contributed by atoms with Crippen LogP contribution in [0, 0.1) is 11.3 Å². The normalized spacial score (nSPS) is 29.5. The maximum Gasteiger partial charge on any atom is 0.0945 e. The second kappa shape index (κ2) is 6.27. The number of aromatic nitrogens is 2. The van der Waals surface area contributed by atoms with E-state index in [9.17, 15) is 5.11 Å². The summed E-state index contributed by atoms with van der Waals surface area (Å²) in [6.45, 7) is 9.11.